The Labute approximate surface area is 197 Å². The maximum Gasteiger partial charge on any atom is 0.241 e. The number of nitrogens with zero attached hydrogens (tertiary/aromatic N) is 1. The Kier molecular flexibility index (Phi) is 7.11. The zero-order chi connectivity index (χ0) is 22.8. The summed E-state index contributed by atoms with van der Waals surface area (Å²) in [6.45, 7) is 4.30. The Hall–Kier alpha value is -2.05. The van der Waals surface area contributed by atoms with Crippen LogP contribution in [0.1, 0.15) is 45.1 Å². The highest BCUT2D eigenvalue weighted by Gasteiger charge is 2.40. The van der Waals surface area contributed by atoms with E-state index >= 15 is 0 Å². The number of hydrogen-bond acceptors (Lipinski definition) is 3. The van der Waals surface area contributed by atoms with Gasteiger partial charge in [0.15, 0.2) is 0 Å². The largest absolute Gasteiger partial charge is 0.353 e. The summed E-state index contributed by atoms with van der Waals surface area (Å²) in [6, 6.07) is 12.0. The molecule has 0 spiro atoms. The molecule has 1 fully saturated rings. The van der Waals surface area contributed by atoms with Crippen molar-refractivity contribution in [3.63, 3.8) is 0 Å². The van der Waals surface area contributed by atoms with E-state index in [0.29, 0.717) is 11.5 Å². The molecule has 1 aliphatic carbocycles. The van der Waals surface area contributed by atoms with Crippen molar-refractivity contribution in [1.29, 1.82) is 0 Å². The molecule has 1 saturated carbocycles. The van der Waals surface area contributed by atoms with Crippen LogP contribution in [0.15, 0.2) is 47.4 Å². The maximum atomic E-state index is 13.6. The van der Waals surface area contributed by atoms with Gasteiger partial charge in [0.05, 0.1) is 18.2 Å². The summed E-state index contributed by atoms with van der Waals surface area (Å²) in [5.41, 5.74) is 1.45. The quantitative estimate of drug-likeness (QED) is 0.594. The molecule has 2 aromatic rings. The molecular formula is C25H28ClFN2O2S. The van der Waals surface area contributed by atoms with Crippen LogP contribution in [0.3, 0.4) is 0 Å². The monoisotopic (exact) mass is 474 g/mol. The van der Waals surface area contributed by atoms with Gasteiger partial charge in [-0.2, -0.15) is 0 Å². The van der Waals surface area contributed by atoms with Crippen LogP contribution in [0.25, 0.3) is 0 Å². The summed E-state index contributed by atoms with van der Waals surface area (Å²) in [7, 11) is 0. The number of carbonyl (C=O) groups excluding carboxylic acids is 2. The second kappa shape index (κ2) is 9.84. The molecule has 7 heteroatoms. The fraction of sp³-hybridized carbons (Fsp3) is 0.440. The fourth-order valence-corrected chi connectivity index (χ4v) is 5.93. The van der Waals surface area contributed by atoms with Gasteiger partial charge in [0.2, 0.25) is 11.8 Å². The molecule has 0 bridgehead atoms. The van der Waals surface area contributed by atoms with Gasteiger partial charge in [0.25, 0.3) is 0 Å². The van der Waals surface area contributed by atoms with Crippen molar-refractivity contribution in [2.75, 3.05) is 4.90 Å². The van der Waals surface area contributed by atoms with Crippen molar-refractivity contribution < 1.29 is 14.0 Å². The summed E-state index contributed by atoms with van der Waals surface area (Å²) in [5, 5.41) is 2.92. The number of thioether (sulfide) groups is 1. The van der Waals surface area contributed by atoms with Gasteiger partial charge in [-0.3, -0.25) is 9.59 Å². The zero-order valence-electron chi connectivity index (χ0n) is 18.3. The summed E-state index contributed by atoms with van der Waals surface area (Å²) in [6.07, 6.45) is 4.22. The van der Waals surface area contributed by atoms with E-state index in [1.54, 1.807) is 11.0 Å². The van der Waals surface area contributed by atoms with E-state index in [1.807, 2.05) is 31.2 Å². The van der Waals surface area contributed by atoms with Gasteiger partial charge < -0.3 is 10.2 Å². The third-order valence-corrected chi connectivity index (χ3v) is 8.31. The standard InChI is InChI=1S/C25H28ClFN2O2S/c1-15-7-11-19(12-8-15)28-24(30)16(2)23-25(31)29(21-5-3-4-6-22(21)32-23)14-17-9-10-18(27)13-20(17)26/h3-6,9-10,13,15-16,19,23H,7-8,11-12,14H2,1-2H3,(H,28,30)/t15?,16-,19?,23+/m1/s1. The van der Waals surface area contributed by atoms with E-state index in [4.69, 9.17) is 11.6 Å². The smallest absolute Gasteiger partial charge is 0.241 e. The maximum absolute atomic E-state index is 13.6. The van der Waals surface area contributed by atoms with E-state index in [0.717, 1.165) is 36.3 Å². The molecule has 0 aromatic heterocycles. The molecule has 170 valence electrons. The first-order valence-corrected chi connectivity index (χ1v) is 12.4. The molecule has 4 rings (SSSR count). The minimum atomic E-state index is -0.536. The fourth-order valence-electron chi connectivity index (χ4n) is 4.41. The van der Waals surface area contributed by atoms with Gasteiger partial charge in [-0.1, -0.05) is 43.6 Å². The van der Waals surface area contributed by atoms with Crippen molar-refractivity contribution >= 4 is 40.9 Å². The highest BCUT2D eigenvalue weighted by atomic mass is 35.5. The van der Waals surface area contributed by atoms with Gasteiger partial charge in [-0.15, -0.1) is 11.8 Å². The first-order valence-electron chi connectivity index (χ1n) is 11.1. The lowest BCUT2D eigenvalue weighted by atomic mass is 9.87. The summed E-state index contributed by atoms with van der Waals surface area (Å²) < 4.78 is 13.5. The molecule has 0 saturated heterocycles. The predicted molar refractivity (Wildman–Crippen MR) is 127 cm³/mol. The minimum absolute atomic E-state index is 0.0745. The SMILES string of the molecule is CC1CCC(NC(=O)[C@H](C)[C@@H]2Sc3ccccc3N(Cc3ccc(F)cc3Cl)C2=O)CC1. The molecule has 2 atom stereocenters. The number of carbonyl (C=O) groups is 2. The van der Waals surface area contributed by atoms with Crippen molar-refractivity contribution in [3.8, 4) is 0 Å². The normalized spacial score (nSPS) is 24.1. The van der Waals surface area contributed by atoms with Crippen LogP contribution in [0, 0.1) is 17.7 Å². The Morgan fingerprint density at radius 2 is 1.94 bits per heavy atom. The number of hydrogen-bond donors (Lipinski definition) is 1. The number of benzene rings is 2. The molecule has 0 radical (unpaired) electrons. The van der Waals surface area contributed by atoms with Crippen molar-refractivity contribution in [2.45, 2.75) is 62.3 Å². The second-order valence-electron chi connectivity index (χ2n) is 8.92. The van der Waals surface area contributed by atoms with Crippen molar-refractivity contribution in [3.05, 3.63) is 58.9 Å². The lowest BCUT2D eigenvalue weighted by Crippen LogP contribution is -2.49. The molecule has 2 amide bonds. The van der Waals surface area contributed by atoms with Crippen LogP contribution in [0.2, 0.25) is 5.02 Å². The molecule has 0 unspecified atom stereocenters. The summed E-state index contributed by atoms with van der Waals surface area (Å²) in [5.74, 6) is -0.394. The molecule has 1 N–H and O–H groups in total. The Bertz CT molecular complexity index is 1010. The third-order valence-electron chi connectivity index (χ3n) is 6.49. The first kappa shape index (κ1) is 23.1. The van der Waals surface area contributed by atoms with Crippen LogP contribution < -0.4 is 10.2 Å². The van der Waals surface area contributed by atoms with E-state index in [1.165, 1.54) is 23.9 Å². The number of fused-ring (bicyclic) bond motifs is 1. The number of para-hydroxylation sites is 1. The average molecular weight is 475 g/mol. The van der Waals surface area contributed by atoms with Crippen molar-refractivity contribution in [2.24, 2.45) is 11.8 Å². The number of nitrogens with one attached hydrogen (secondary N) is 1. The topological polar surface area (TPSA) is 49.4 Å². The minimum Gasteiger partial charge on any atom is -0.353 e. The molecule has 4 nitrogen and oxygen atoms in total. The van der Waals surface area contributed by atoms with Crippen LogP contribution in [0.4, 0.5) is 10.1 Å². The van der Waals surface area contributed by atoms with Gasteiger partial charge in [0, 0.05) is 16.0 Å². The number of halogens is 2. The molecule has 2 aromatic carbocycles. The first-order chi connectivity index (χ1) is 15.3. The van der Waals surface area contributed by atoms with Gasteiger partial charge in [0.1, 0.15) is 11.1 Å². The Balaban J connectivity index is 1.54. The molecule has 1 heterocycles. The average Bonchev–Trinajstić information content (AvgIpc) is 2.78. The predicted octanol–water partition coefficient (Wildman–Crippen LogP) is 5.82. The van der Waals surface area contributed by atoms with E-state index < -0.39 is 17.0 Å². The van der Waals surface area contributed by atoms with Crippen LogP contribution >= 0.6 is 23.4 Å². The Morgan fingerprint density at radius 3 is 2.66 bits per heavy atom. The van der Waals surface area contributed by atoms with Crippen LogP contribution in [0.5, 0.6) is 0 Å². The third kappa shape index (κ3) is 4.96. The summed E-state index contributed by atoms with van der Waals surface area (Å²) in [4.78, 5) is 29.2. The highest BCUT2D eigenvalue weighted by Crippen LogP contribution is 2.42. The lowest BCUT2D eigenvalue weighted by Gasteiger charge is -2.36. The zero-order valence-corrected chi connectivity index (χ0v) is 19.9. The van der Waals surface area contributed by atoms with E-state index in [9.17, 15) is 14.0 Å². The van der Waals surface area contributed by atoms with Crippen molar-refractivity contribution in [1.82, 2.24) is 5.32 Å². The van der Waals surface area contributed by atoms with Crippen LogP contribution in [-0.2, 0) is 16.1 Å². The summed E-state index contributed by atoms with van der Waals surface area (Å²) >= 11 is 7.68. The number of rotatable bonds is 5. The molecule has 32 heavy (non-hydrogen) atoms. The highest BCUT2D eigenvalue weighted by molar-refractivity contribution is 8.01. The van der Waals surface area contributed by atoms with Crippen LogP contribution in [-0.4, -0.2) is 23.1 Å². The number of amides is 2. The molecule has 1 aliphatic heterocycles. The van der Waals surface area contributed by atoms with Gasteiger partial charge in [-0.25, -0.2) is 4.39 Å². The second-order valence-corrected chi connectivity index (χ2v) is 10.5. The van der Waals surface area contributed by atoms with E-state index in [-0.39, 0.29) is 29.4 Å². The lowest BCUT2D eigenvalue weighted by molar-refractivity contribution is -0.129. The van der Waals surface area contributed by atoms with Gasteiger partial charge in [-0.05, 0) is 61.4 Å². The van der Waals surface area contributed by atoms with E-state index in [2.05, 4.69) is 12.2 Å². The van der Waals surface area contributed by atoms with Gasteiger partial charge >= 0.3 is 0 Å². The molecule has 2 aliphatic rings. The Morgan fingerprint density at radius 1 is 1.22 bits per heavy atom. The molecular weight excluding hydrogens is 447 g/mol. The number of anilines is 1.